The Morgan fingerprint density at radius 2 is 1.89 bits per heavy atom. The number of benzene rings is 2. The first kappa shape index (κ1) is 22.4. The van der Waals surface area contributed by atoms with E-state index in [-0.39, 0.29) is 35.8 Å². The first-order chi connectivity index (χ1) is 17.5. The molecule has 8 rings (SSSR count). The van der Waals surface area contributed by atoms with Gasteiger partial charge in [0.25, 0.3) is 0 Å². The standard InChI is InChI=1S/C30H31FN2O3/c31-23-8-4-7-22-25-15-32-17-33(25)24(28(22)23)11-27(35)30-12-18-9-20(13-30)29(21(10-18)14-30)36-16-26(34)19-5-2-1-3-6-19/h1-8,15,17-18,20-21,24,26,29,34H,9-14,16H2. The summed E-state index contributed by atoms with van der Waals surface area (Å²) in [5, 5.41) is 10.6. The summed E-state index contributed by atoms with van der Waals surface area (Å²) in [6.45, 7) is 0.287. The number of aromatic nitrogens is 2. The van der Waals surface area contributed by atoms with Crippen LogP contribution in [0.2, 0.25) is 0 Å². The zero-order valence-corrected chi connectivity index (χ0v) is 20.2. The fraction of sp³-hybridized carbons (Fsp3) is 0.467. The molecule has 1 N–H and O–H groups in total. The van der Waals surface area contributed by atoms with Gasteiger partial charge in [0.15, 0.2) is 0 Å². The van der Waals surface area contributed by atoms with Gasteiger partial charge in [-0.1, -0.05) is 42.5 Å². The van der Waals surface area contributed by atoms with Crippen LogP contribution < -0.4 is 0 Å². The van der Waals surface area contributed by atoms with Gasteiger partial charge in [0, 0.05) is 23.0 Å². The van der Waals surface area contributed by atoms with Crippen LogP contribution in [0.4, 0.5) is 4.39 Å². The molecule has 4 fully saturated rings. The van der Waals surface area contributed by atoms with Crippen LogP contribution in [-0.2, 0) is 9.53 Å². The second kappa shape index (κ2) is 8.35. The normalized spacial score (nSPS) is 32.3. The van der Waals surface area contributed by atoms with E-state index in [0.717, 1.165) is 48.9 Å². The lowest BCUT2D eigenvalue weighted by molar-refractivity contribution is -0.177. The van der Waals surface area contributed by atoms with Gasteiger partial charge >= 0.3 is 0 Å². The maximum Gasteiger partial charge on any atom is 0.141 e. The average molecular weight is 487 g/mol. The summed E-state index contributed by atoms with van der Waals surface area (Å²) in [6.07, 6.45) is 8.11. The van der Waals surface area contributed by atoms with Gasteiger partial charge in [0.05, 0.1) is 37.0 Å². The summed E-state index contributed by atoms with van der Waals surface area (Å²) >= 11 is 0. The molecule has 4 atom stereocenters. The van der Waals surface area contributed by atoms with E-state index in [1.54, 1.807) is 18.6 Å². The number of carbonyl (C=O) groups excluding carboxylic acids is 1. The maximum atomic E-state index is 14.9. The van der Waals surface area contributed by atoms with Crippen molar-refractivity contribution in [2.45, 2.75) is 56.8 Å². The number of carbonyl (C=O) groups is 1. The Hall–Kier alpha value is -2.83. The van der Waals surface area contributed by atoms with Crippen LogP contribution >= 0.6 is 0 Å². The SMILES string of the molecule is O=C(CC1c2c(F)cccc2-c2cncn21)C12CC3CC(C1)C(OCC(O)c1ccccc1)C(C3)C2. The molecule has 1 aliphatic heterocycles. The summed E-state index contributed by atoms with van der Waals surface area (Å²) in [5.41, 5.74) is 2.91. The number of Topliss-reactive ketones (excluding diaryl/α,β-unsaturated/α-hetero) is 1. The van der Waals surface area contributed by atoms with Crippen molar-refractivity contribution in [3.8, 4) is 11.3 Å². The van der Waals surface area contributed by atoms with Crippen molar-refractivity contribution in [3.63, 3.8) is 0 Å². The van der Waals surface area contributed by atoms with Crippen LogP contribution in [0.3, 0.4) is 0 Å². The molecule has 4 bridgehead atoms. The zero-order chi connectivity index (χ0) is 24.4. The topological polar surface area (TPSA) is 64.4 Å². The third-order valence-electron chi connectivity index (χ3n) is 9.45. The van der Waals surface area contributed by atoms with Gasteiger partial charge in [-0.3, -0.25) is 4.79 Å². The molecule has 36 heavy (non-hydrogen) atoms. The van der Waals surface area contributed by atoms with Gasteiger partial charge in [-0.25, -0.2) is 9.37 Å². The molecule has 0 saturated heterocycles. The number of rotatable bonds is 7. The van der Waals surface area contributed by atoms with Gasteiger partial charge in [0.2, 0.25) is 0 Å². The molecule has 0 spiro atoms. The fourth-order valence-corrected chi connectivity index (χ4v) is 8.16. The van der Waals surface area contributed by atoms with Crippen LogP contribution in [0, 0.1) is 29.0 Å². The minimum atomic E-state index is -0.638. The van der Waals surface area contributed by atoms with E-state index in [9.17, 15) is 14.3 Å². The highest BCUT2D eigenvalue weighted by atomic mass is 19.1. The van der Waals surface area contributed by atoms with Crippen molar-refractivity contribution in [1.29, 1.82) is 0 Å². The molecule has 4 unspecified atom stereocenters. The number of ether oxygens (including phenoxy) is 1. The lowest BCUT2D eigenvalue weighted by Gasteiger charge is -2.59. The molecule has 2 heterocycles. The van der Waals surface area contributed by atoms with Crippen LogP contribution in [0.1, 0.15) is 61.8 Å². The van der Waals surface area contributed by atoms with Crippen LogP contribution in [-0.4, -0.2) is 33.2 Å². The zero-order valence-electron chi connectivity index (χ0n) is 20.2. The third-order valence-corrected chi connectivity index (χ3v) is 9.45. The Morgan fingerprint density at radius 3 is 2.67 bits per heavy atom. The lowest BCUT2D eigenvalue weighted by Crippen LogP contribution is -2.57. The van der Waals surface area contributed by atoms with Gasteiger partial charge in [0.1, 0.15) is 17.7 Å². The highest BCUT2D eigenvalue weighted by Crippen LogP contribution is 2.62. The molecule has 5 aliphatic rings. The van der Waals surface area contributed by atoms with Crippen molar-refractivity contribution in [1.82, 2.24) is 9.55 Å². The van der Waals surface area contributed by atoms with Crippen molar-refractivity contribution >= 4 is 5.78 Å². The largest absolute Gasteiger partial charge is 0.386 e. The van der Waals surface area contributed by atoms with E-state index < -0.39 is 6.10 Å². The maximum absolute atomic E-state index is 14.9. The van der Waals surface area contributed by atoms with Gasteiger partial charge in [-0.2, -0.15) is 0 Å². The smallest absolute Gasteiger partial charge is 0.141 e. The van der Waals surface area contributed by atoms with Crippen molar-refractivity contribution < 1.29 is 19.0 Å². The highest BCUT2D eigenvalue weighted by molar-refractivity contribution is 5.87. The molecule has 6 heteroatoms. The number of ketones is 1. The Morgan fingerprint density at radius 1 is 1.11 bits per heavy atom. The molecule has 186 valence electrons. The molecular formula is C30H31FN2O3. The summed E-state index contributed by atoms with van der Waals surface area (Å²) < 4.78 is 23.3. The van der Waals surface area contributed by atoms with E-state index in [0.29, 0.717) is 29.7 Å². The Bertz CT molecular complexity index is 1290. The van der Waals surface area contributed by atoms with Gasteiger partial charge in [-0.15, -0.1) is 0 Å². The quantitative estimate of drug-likeness (QED) is 0.479. The monoisotopic (exact) mass is 486 g/mol. The second-order valence-electron chi connectivity index (χ2n) is 11.5. The minimum absolute atomic E-state index is 0.103. The fourth-order valence-electron chi connectivity index (χ4n) is 8.16. The predicted molar refractivity (Wildman–Crippen MR) is 133 cm³/mol. The number of aliphatic hydroxyl groups is 1. The molecule has 2 aromatic carbocycles. The molecular weight excluding hydrogens is 455 g/mol. The Labute approximate surface area is 210 Å². The van der Waals surface area contributed by atoms with Gasteiger partial charge in [-0.05, 0) is 61.5 Å². The van der Waals surface area contributed by atoms with Gasteiger partial charge < -0.3 is 14.4 Å². The van der Waals surface area contributed by atoms with Crippen molar-refractivity contribution in [3.05, 3.63) is 78.0 Å². The number of aliphatic hydroxyl groups excluding tert-OH is 1. The lowest BCUT2D eigenvalue weighted by atomic mass is 9.47. The highest BCUT2D eigenvalue weighted by Gasteiger charge is 2.58. The van der Waals surface area contributed by atoms with E-state index in [1.807, 2.05) is 41.0 Å². The number of halogens is 1. The van der Waals surface area contributed by atoms with E-state index >= 15 is 0 Å². The van der Waals surface area contributed by atoms with Crippen molar-refractivity contribution in [2.24, 2.45) is 23.2 Å². The molecule has 0 amide bonds. The summed E-state index contributed by atoms with van der Waals surface area (Å²) in [4.78, 5) is 18.3. The average Bonchev–Trinajstić information content (AvgIpc) is 3.47. The molecule has 5 nitrogen and oxygen atoms in total. The molecule has 0 radical (unpaired) electrons. The molecule has 4 saturated carbocycles. The van der Waals surface area contributed by atoms with E-state index in [4.69, 9.17) is 4.74 Å². The predicted octanol–water partition coefficient (Wildman–Crippen LogP) is 5.50. The summed E-state index contributed by atoms with van der Waals surface area (Å²) in [5.74, 6) is 1.27. The Kier molecular flexibility index (Phi) is 5.19. The molecule has 4 aliphatic carbocycles. The van der Waals surface area contributed by atoms with Crippen molar-refractivity contribution in [2.75, 3.05) is 6.61 Å². The molecule has 3 aromatic rings. The summed E-state index contributed by atoms with van der Waals surface area (Å²) in [7, 11) is 0. The summed E-state index contributed by atoms with van der Waals surface area (Å²) in [6, 6.07) is 14.5. The van der Waals surface area contributed by atoms with Crippen LogP contribution in [0.5, 0.6) is 0 Å². The Balaban J connectivity index is 1.09. The van der Waals surface area contributed by atoms with E-state index in [2.05, 4.69) is 4.98 Å². The second-order valence-corrected chi connectivity index (χ2v) is 11.5. The number of nitrogens with zero attached hydrogens (tertiary/aromatic N) is 2. The first-order valence-electron chi connectivity index (χ1n) is 13.2. The first-order valence-corrected chi connectivity index (χ1v) is 13.2. The number of hydrogen-bond donors (Lipinski definition) is 1. The molecule has 1 aromatic heterocycles. The number of imidazole rings is 1. The van der Waals surface area contributed by atoms with E-state index in [1.165, 1.54) is 6.07 Å². The number of hydrogen-bond acceptors (Lipinski definition) is 4. The minimum Gasteiger partial charge on any atom is -0.386 e. The van der Waals surface area contributed by atoms with Crippen LogP contribution in [0.15, 0.2) is 61.1 Å². The van der Waals surface area contributed by atoms with Crippen LogP contribution in [0.25, 0.3) is 11.3 Å². The third kappa shape index (κ3) is 3.41. The number of fused-ring (bicyclic) bond motifs is 3.